The summed E-state index contributed by atoms with van der Waals surface area (Å²) in [6.45, 7) is 0. The molecule has 0 amide bonds. The zero-order valence-electron chi connectivity index (χ0n) is 20.9. The van der Waals surface area contributed by atoms with E-state index in [-0.39, 0.29) is 35.7 Å². The Labute approximate surface area is 220 Å². The van der Waals surface area contributed by atoms with Gasteiger partial charge in [-0.25, -0.2) is 9.59 Å². The van der Waals surface area contributed by atoms with Crippen molar-refractivity contribution in [1.29, 1.82) is 0 Å². The van der Waals surface area contributed by atoms with E-state index >= 15 is 0 Å². The Morgan fingerprint density at radius 3 is 1.87 bits per heavy atom. The van der Waals surface area contributed by atoms with Crippen molar-refractivity contribution in [3.05, 3.63) is 83.9 Å². The molecule has 0 saturated carbocycles. The first kappa shape index (κ1) is 28.1. The minimum absolute atomic E-state index is 0.00655. The van der Waals surface area contributed by atoms with Gasteiger partial charge in [-0.1, -0.05) is 56.0 Å². The van der Waals surface area contributed by atoms with Crippen molar-refractivity contribution >= 4 is 23.9 Å². The number of carbonyl (C=O) groups excluding carboxylic acids is 2. The lowest BCUT2D eigenvalue weighted by Gasteiger charge is -2.12. The normalized spacial score (nSPS) is 10.5. The topological polar surface area (TPSA) is 127 Å². The fourth-order valence-electron chi connectivity index (χ4n) is 3.85. The molecule has 198 valence electrons. The minimum Gasteiger partial charge on any atom is -0.481 e. The molecule has 0 aliphatic carbocycles. The van der Waals surface area contributed by atoms with Crippen molar-refractivity contribution in [2.45, 2.75) is 51.4 Å². The molecular weight excluding hydrogens is 488 g/mol. The minimum atomic E-state index is -1.14. The first-order chi connectivity index (χ1) is 18.3. The number of rotatable bonds is 14. The van der Waals surface area contributed by atoms with Crippen molar-refractivity contribution in [1.82, 2.24) is 0 Å². The van der Waals surface area contributed by atoms with Gasteiger partial charge in [0, 0.05) is 18.4 Å². The lowest BCUT2D eigenvalue weighted by Crippen LogP contribution is -2.11. The predicted molar refractivity (Wildman–Crippen MR) is 140 cm³/mol. The van der Waals surface area contributed by atoms with Crippen LogP contribution in [0.3, 0.4) is 0 Å². The molecule has 38 heavy (non-hydrogen) atoms. The van der Waals surface area contributed by atoms with E-state index in [1.165, 1.54) is 36.4 Å². The van der Waals surface area contributed by atoms with Crippen LogP contribution in [-0.4, -0.2) is 34.1 Å². The Bertz CT molecular complexity index is 1250. The summed E-state index contributed by atoms with van der Waals surface area (Å²) in [7, 11) is 0. The van der Waals surface area contributed by atoms with E-state index in [4.69, 9.17) is 14.6 Å². The van der Waals surface area contributed by atoms with E-state index in [1.54, 1.807) is 6.07 Å². The van der Waals surface area contributed by atoms with Crippen molar-refractivity contribution < 1.29 is 38.9 Å². The molecule has 0 fully saturated rings. The number of carboxylic acid groups (broad SMARTS) is 2. The monoisotopic (exact) mass is 518 g/mol. The van der Waals surface area contributed by atoms with Crippen molar-refractivity contribution in [2.24, 2.45) is 0 Å². The highest BCUT2D eigenvalue weighted by Crippen LogP contribution is 2.32. The van der Waals surface area contributed by atoms with Crippen LogP contribution >= 0.6 is 0 Å². The van der Waals surface area contributed by atoms with Crippen LogP contribution in [0.15, 0.2) is 72.8 Å². The van der Waals surface area contributed by atoms with Gasteiger partial charge in [0.25, 0.3) is 0 Å². The Balaban J connectivity index is 1.52. The second kappa shape index (κ2) is 14.3. The van der Waals surface area contributed by atoms with Crippen LogP contribution < -0.4 is 9.47 Å². The van der Waals surface area contributed by atoms with E-state index in [1.807, 2.05) is 30.3 Å². The van der Waals surface area contributed by atoms with Gasteiger partial charge in [0.15, 0.2) is 0 Å². The molecule has 0 aliphatic heterocycles. The number of carboxylic acids is 2. The lowest BCUT2D eigenvalue weighted by atomic mass is 10.0. The van der Waals surface area contributed by atoms with Crippen molar-refractivity contribution in [3.63, 3.8) is 0 Å². The molecular formula is C30H30O8. The van der Waals surface area contributed by atoms with Gasteiger partial charge in [0.05, 0.1) is 11.1 Å². The maximum atomic E-state index is 12.8. The molecule has 2 N–H and O–H groups in total. The Morgan fingerprint density at radius 2 is 1.24 bits per heavy atom. The molecule has 0 aromatic heterocycles. The summed E-state index contributed by atoms with van der Waals surface area (Å²) >= 11 is 0. The molecule has 0 bridgehead atoms. The average Bonchev–Trinajstić information content (AvgIpc) is 2.90. The molecule has 0 saturated heterocycles. The van der Waals surface area contributed by atoms with Gasteiger partial charge in [-0.3, -0.25) is 9.59 Å². The van der Waals surface area contributed by atoms with E-state index in [2.05, 4.69) is 0 Å². The van der Waals surface area contributed by atoms with Crippen molar-refractivity contribution in [3.8, 4) is 22.6 Å². The van der Waals surface area contributed by atoms with E-state index in [0.29, 0.717) is 24.2 Å². The summed E-state index contributed by atoms with van der Waals surface area (Å²) < 4.78 is 10.9. The maximum Gasteiger partial charge on any atom is 0.343 e. The number of esters is 2. The number of unbranched alkanes of at least 4 members (excludes halogenated alkanes) is 5. The SMILES string of the molecule is O=C(O)CCCCCCCCC(=O)Oc1ccc(C(=O)Oc2cc(C(=O)O)ccc2-c2ccccc2)cc1. The van der Waals surface area contributed by atoms with Crippen LogP contribution in [0.2, 0.25) is 0 Å². The fraction of sp³-hybridized carbons (Fsp3) is 0.267. The van der Waals surface area contributed by atoms with E-state index in [9.17, 15) is 24.3 Å². The molecule has 0 aliphatic rings. The first-order valence-electron chi connectivity index (χ1n) is 12.5. The second-order valence-electron chi connectivity index (χ2n) is 8.79. The van der Waals surface area contributed by atoms with Crippen LogP contribution in [0.4, 0.5) is 0 Å². The number of benzene rings is 3. The molecule has 8 nitrogen and oxygen atoms in total. The van der Waals surface area contributed by atoms with Crippen LogP contribution in [0.5, 0.6) is 11.5 Å². The molecule has 3 rings (SSSR count). The fourth-order valence-corrected chi connectivity index (χ4v) is 3.85. The van der Waals surface area contributed by atoms with Crippen LogP contribution in [0.25, 0.3) is 11.1 Å². The Kier molecular flexibility index (Phi) is 10.6. The number of hydrogen-bond acceptors (Lipinski definition) is 6. The summed E-state index contributed by atoms with van der Waals surface area (Å²) in [5, 5.41) is 18.0. The lowest BCUT2D eigenvalue weighted by molar-refractivity contribution is -0.137. The van der Waals surface area contributed by atoms with Gasteiger partial charge in [-0.05, 0) is 60.9 Å². The Morgan fingerprint density at radius 1 is 0.632 bits per heavy atom. The summed E-state index contributed by atoms with van der Waals surface area (Å²) in [5.41, 5.74) is 1.56. The third kappa shape index (κ3) is 8.89. The summed E-state index contributed by atoms with van der Waals surface area (Å²) in [6.07, 6.45) is 5.41. The highest BCUT2D eigenvalue weighted by atomic mass is 16.5. The van der Waals surface area contributed by atoms with Gasteiger partial charge in [0.1, 0.15) is 11.5 Å². The van der Waals surface area contributed by atoms with Gasteiger partial charge in [0.2, 0.25) is 0 Å². The van der Waals surface area contributed by atoms with E-state index < -0.39 is 17.9 Å². The van der Waals surface area contributed by atoms with Crippen LogP contribution in [0, 0.1) is 0 Å². The predicted octanol–water partition coefficient (Wildman–Crippen LogP) is 6.38. The largest absolute Gasteiger partial charge is 0.481 e. The number of carbonyl (C=O) groups is 4. The smallest absolute Gasteiger partial charge is 0.343 e. The number of aliphatic carboxylic acids is 1. The van der Waals surface area contributed by atoms with Gasteiger partial charge < -0.3 is 19.7 Å². The van der Waals surface area contributed by atoms with Crippen molar-refractivity contribution in [2.75, 3.05) is 0 Å². The van der Waals surface area contributed by atoms with Crippen LogP contribution in [0.1, 0.15) is 72.1 Å². The van der Waals surface area contributed by atoms with Crippen LogP contribution in [-0.2, 0) is 9.59 Å². The van der Waals surface area contributed by atoms with Gasteiger partial charge in [-0.15, -0.1) is 0 Å². The molecule has 0 heterocycles. The molecule has 0 radical (unpaired) electrons. The zero-order valence-corrected chi connectivity index (χ0v) is 20.9. The Hall–Kier alpha value is -4.46. The average molecular weight is 519 g/mol. The second-order valence-corrected chi connectivity index (χ2v) is 8.79. The third-order valence-electron chi connectivity index (χ3n) is 5.86. The number of ether oxygens (including phenoxy) is 2. The zero-order chi connectivity index (χ0) is 27.3. The number of aromatic carboxylic acids is 1. The van der Waals surface area contributed by atoms with Gasteiger partial charge >= 0.3 is 23.9 Å². The summed E-state index contributed by atoms with van der Waals surface area (Å²) in [5.74, 6) is -2.53. The molecule has 3 aromatic rings. The third-order valence-corrected chi connectivity index (χ3v) is 5.86. The summed E-state index contributed by atoms with van der Waals surface area (Å²) in [6, 6.07) is 19.5. The standard InChI is InChI=1S/C30H30O8/c31-27(32)12-8-3-1-2-4-9-13-28(33)37-24-17-14-22(15-18-24)30(36)38-26-20-23(29(34)35)16-19-25(26)21-10-6-5-7-11-21/h5-7,10-11,14-20H,1-4,8-9,12-13H2,(H,31,32)(H,34,35). The molecule has 3 aromatic carbocycles. The molecule has 0 spiro atoms. The maximum absolute atomic E-state index is 12.8. The molecule has 0 atom stereocenters. The summed E-state index contributed by atoms with van der Waals surface area (Å²) in [4.78, 5) is 46.8. The molecule has 8 heteroatoms. The first-order valence-corrected chi connectivity index (χ1v) is 12.5. The number of hydrogen-bond donors (Lipinski definition) is 2. The quantitative estimate of drug-likeness (QED) is 0.143. The molecule has 0 unspecified atom stereocenters. The highest BCUT2D eigenvalue weighted by molar-refractivity contribution is 5.94. The van der Waals surface area contributed by atoms with E-state index in [0.717, 1.165) is 31.2 Å². The van der Waals surface area contributed by atoms with Gasteiger partial charge in [-0.2, -0.15) is 0 Å². The highest BCUT2D eigenvalue weighted by Gasteiger charge is 2.16.